The fourth-order valence-electron chi connectivity index (χ4n) is 8.78. The molecule has 0 spiro atoms. The molecular weight excluding hydrogens is 701 g/mol. The zero-order valence-electron chi connectivity index (χ0n) is 31.8. The molecule has 0 N–H and O–H groups in total. The molecule has 58 heavy (non-hydrogen) atoms. The highest BCUT2D eigenvalue weighted by molar-refractivity contribution is 6.15. The molecule has 2 aromatic heterocycles. The summed E-state index contributed by atoms with van der Waals surface area (Å²) in [6.07, 6.45) is 2.23. The molecule has 0 radical (unpaired) electrons. The van der Waals surface area contributed by atoms with Gasteiger partial charge in [-0.05, 0) is 104 Å². The maximum atomic E-state index is 2.38. The van der Waals surface area contributed by atoms with E-state index in [1.807, 2.05) is 0 Å². The van der Waals surface area contributed by atoms with E-state index in [-0.39, 0.29) is 0 Å². The molecule has 0 unspecified atom stereocenters. The molecule has 0 aliphatic carbocycles. The average Bonchev–Trinajstić information content (AvgIpc) is 3.65. The first-order valence-corrected chi connectivity index (χ1v) is 19.9. The van der Waals surface area contributed by atoms with Crippen LogP contribution in [0.1, 0.15) is 0 Å². The van der Waals surface area contributed by atoms with Gasteiger partial charge in [-0.25, -0.2) is 0 Å². The summed E-state index contributed by atoms with van der Waals surface area (Å²) in [4.78, 5) is 2.38. The van der Waals surface area contributed by atoms with Gasteiger partial charge in [-0.2, -0.15) is 0 Å². The standard InChI is InChI=1S/C56H38N2/c1-3-12-39(13-4-1)40-22-24-41(25-23-40)42-26-30-47(31-27-42)58(48-32-28-44(29-33-48)51-20-11-17-43-14-7-8-18-50(43)51)49-34-35-52-46(38-49)36-37-57-54-21-10-9-19-53(54)55(56(52)57)45-15-5-2-6-16-45/h1-38H. The van der Waals surface area contributed by atoms with Crippen LogP contribution in [0, 0.1) is 0 Å². The third kappa shape index (κ3) is 5.82. The van der Waals surface area contributed by atoms with Crippen molar-refractivity contribution in [3.63, 3.8) is 0 Å². The molecule has 0 fully saturated rings. The Kier molecular flexibility index (Phi) is 8.19. The van der Waals surface area contributed by atoms with Gasteiger partial charge in [-0.3, -0.25) is 0 Å². The molecular formula is C56H38N2. The van der Waals surface area contributed by atoms with Crippen molar-refractivity contribution in [2.45, 2.75) is 0 Å². The number of fused-ring (bicyclic) bond motifs is 6. The lowest BCUT2D eigenvalue weighted by Gasteiger charge is -2.26. The van der Waals surface area contributed by atoms with E-state index in [9.17, 15) is 0 Å². The first-order chi connectivity index (χ1) is 28.8. The Balaban J connectivity index is 1.03. The molecule has 0 atom stereocenters. The molecule has 0 saturated heterocycles. The van der Waals surface area contributed by atoms with Gasteiger partial charge in [-0.1, -0.05) is 176 Å². The van der Waals surface area contributed by atoms with E-state index >= 15 is 0 Å². The normalized spacial score (nSPS) is 11.4. The topological polar surface area (TPSA) is 7.65 Å². The van der Waals surface area contributed by atoms with E-state index in [1.54, 1.807) is 0 Å². The largest absolute Gasteiger partial charge is 0.315 e. The summed E-state index contributed by atoms with van der Waals surface area (Å²) in [5.74, 6) is 0. The predicted molar refractivity (Wildman–Crippen MR) is 246 cm³/mol. The van der Waals surface area contributed by atoms with Crippen molar-refractivity contribution in [1.82, 2.24) is 4.40 Å². The maximum absolute atomic E-state index is 2.38. The van der Waals surface area contributed by atoms with Gasteiger partial charge in [0, 0.05) is 39.6 Å². The van der Waals surface area contributed by atoms with Crippen LogP contribution in [0.3, 0.4) is 0 Å². The zero-order chi connectivity index (χ0) is 38.4. The van der Waals surface area contributed by atoms with E-state index in [0.29, 0.717) is 0 Å². The van der Waals surface area contributed by atoms with Crippen LogP contribution in [-0.2, 0) is 0 Å². The van der Waals surface area contributed by atoms with Crippen LogP contribution >= 0.6 is 0 Å². The minimum Gasteiger partial charge on any atom is -0.315 e. The molecule has 0 aliphatic heterocycles. The third-order valence-electron chi connectivity index (χ3n) is 11.6. The second kappa shape index (κ2) is 14.1. The SMILES string of the molecule is c1ccc(-c2ccc(-c3ccc(N(c4ccc(-c5cccc6ccccc56)cc4)c4ccc5c(ccn6c7ccccc7c(-c7ccccc7)c56)c4)cc3)cc2)cc1. The van der Waals surface area contributed by atoms with Crippen molar-refractivity contribution in [2.75, 3.05) is 4.90 Å². The minimum atomic E-state index is 1.10. The number of hydrogen-bond acceptors (Lipinski definition) is 1. The van der Waals surface area contributed by atoms with Crippen molar-refractivity contribution < 1.29 is 0 Å². The number of para-hydroxylation sites is 1. The molecule has 2 heterocycles. The summed E-state index contributed by atoms with van der Waals surface area (Å²) < 4.78 is 2.36. The average molecular weight is 739 g/mol. The minimum absolute atomic E-state index is 1.10. The lowest BCUT2D eigenvalue weighted by atomic mass is 9.97. The molecule has 0 aliphatic rings. The predicted octanol–water partition coefficient (Wildman–Crippen LogP) is 15.5. The van der Waals surface area contributed by atoms with Crippen LogP contribution in [-0.4, -0.2) is 4.40 Å². The monoisotopic (exact) mass is 738 g/mol. The summed E-state index contributed by atoms with van der Waals surface area (Å²) in [6.45, 7) is 0. The van der Waals surface area contributed by atoms with Gasteiger partial charge < -0.3 is 9.30 Å². The highest BCUT2D eigenvalue weighted by atomic mass is 15.1. The van der Waals surface area contributed by atoms with Gasteiger partial charge in [0.05, 0.1) is 11.0 Å². The fourth-order valence-corrected chi connectivity index (χ4v) is 8.78. The van der Waals surface area contributed by atoms with Crippen LogP contribution in [0.5, 0.6) is 0 Å². The third-order valence-corrected chi connectivity index (χ3v) is 11.6. The quantitative estimate of drug-likeness (QED) is 0.158. The summed E-state index contributed by atoms with van der Waals surface area (Å²) in [6, 6.07) is 81.4. The molecule has 2 heteroatoms. The summed E-state index contributed by atoms with van der Waals surface area (Å²) >= 11 is 0. The highest BCUT2D eigenvalue weighted by Crippen LogP contribution is 2.42. The van der Waals surface area contributed by atoms with Crippen molar-refractivity contribution in [1.29, 1.82) is 0 Å². The summed E-state index contributed by atoms with van der Waals surface area (Å²) in [7, 11) is 0. The van der Waals surface area contributed by atoms with Crippen molar-refractivity contribution in [3.05, 3.63) is 231 Å². The number of benzene rings is 9. The number of rotatable bonds is 7. The van der Waals surface area contributed by atoms with Gasteiger partial charge in [-0.15, -0.1) is 0 Å². The fraction of sp³-hybridized carbons (Fsp3) is 0. The van der Waals surface area contributed by atoms with Gasteiger partial charge in [0.2, 0.25) is 0 Å². The second-order valence-corrected chi connectivity index (χ2v) is 15.0. The molecule has 9 aromatic carbocycles. The van der Waals surface area contributed by atoms with E-state index < -0.39 is 0 Å². The number of hydrogen-bond donors (Lipinski definition) is 0. The van der Waals surface area contributed by atoms with E-state index in [0.717, 1.165) is 17.1 Å². The molecule has 11 rings (SSSR count). The number of pyridine rings is 1. The molecule has 0 saturated carbocycles. The van der Waals surface area contributed by atoms with Crippen molar-refractivity contribution in [3.8, 4) is 44.5 Å². The van der Waals surface area contributed by atoms with Gasteiger partial charge >= 0.3 is 0 Å². The first-order valence-electron chi connectivity index (χ1n) is 19.9. The van der Waals surface area contributed by atoms with Crippen LogP contribution in [0.2, 0.25) is 0 Å². The van der Waals surface area contributed by atoms with E-state index in [1.165, 1.54) is 82.5 Å². The molecule has 0 amide bonds. The Hall–Kier alpha value is -7.68. The van der Waals surface area contributed by atoms with Gasteiger partial charge in [0.1, 0.15) is 0 Å². The lowest BCUT2D eigenvalue weighted by molar-refractivity contribution is 1.26. The van der Waals surface area contributed by atoms with Crippen LogP contribution in [0.25, 0.3) is 82.5 Å². The van der Waals surface area contributed by atoms with Crippen molar-refractivity contribution >= 4 is 55.0 Å². The van der Waals surface area contributed by atoms with Crippen LogP contribution < -0.4 is 4.90 Å². The smallest absolute Gasteiger partial charge is 0.0619 e. The summed E-state index contributed by atoms with van der Waals surface area (Å²) in [5, 5.41) is 6.18. The van der Waals surface area contributed by atoms with Gasteiger partial charge in [0.25, 0.3) is 0 Å². The summed E-state index contributed by atoms with van der Waals surface area (Å²) in [5.41, 5.74) is 15.5. The second-order valence-electron chi connectivity index (χ2n) is 15.0. The molecule has 0 bridgehead atoms. The van der Waals surface area contributed by atoms with Gasteiger partial charge in [0.15, 0.2) is 0 Å². The Labute approximate surface area is 338 Å². The number of nitrogens with zero attached hydrogens (tertiary/aromatic N) is 2. The van der Waals surface area contributed by atoms with Crippen molar-refractivity contribution in [2.24, 2.45) is 0 Å². The number of aromatic nitrogens is 1. The Morgan fingerprint density at radius 2 is 0.828 bits per heavy atom. The number of anilines is 3. The highest BCUT2D eigenvalue weighted by Gasteiger charge is 2.19. The van der Waals surface area contributed by atoms with Crippen LogP contribution in [0.15, 0.2) is 231 Å². The first kappa shape index (κ1) is 33.6. The van der Waals surface area contributed by atoms with E-state index in [4.69, 9.17) is 0 Å². The molecule has 272 valence electrons. The molecule has 2 nitrogen and oxygen atoms in total. The maximum Gasteiger partial charge on any atom is 0.0619 e. The Morgan fingerprint density at radius 1 is 0.310 bits per heavy atom. The van der Waals surface area contributed by atoms with Crippen LogP contribution in [0.4, 0.5) is 17.1 Å². The lowest BCUT2D eigenvalue weighted by Crippen LogP contribution is -2.10. The zero-order valence-corrected chi connectivity index (χ0v) is 31.8. The Morgan fingerprint density at radius 3 is 1.52 bits per heavy atom. The Bertz CT molecular complexity index is 3230. The van der Waals surface area contributed by atoms with E-state index in [2.05, 4.69) is 240 Å². The molecule has 11 aromatic rings.